The minimum absolute atomic E-state index is 0.0798. The van der Waals surface area contributed by atoms with Crippen molar-refractivity contribution in [2.75, 3.05) is 5.32 Å². The molecule has 0 radical (unpaired) electrons. The van der Waals surface area contributed by atoms with E-state index in [1.807, 2.05) is 0 Å². The van der Waals surface area contributed by atoms with Gasteiger partial charge in [0.15, 0.2) is 23.3 Å². The van der Waals surface area contributed by atoms with Crippen LogP contribution in [-0.4, -0.2) is 17.0 Å². The molecular weight excluding hydrogens is 301 g/mol. The highest BCUT2D eigenvalue weighted by atomic mass is 19.2. The van der Waals surface area contributed by atoms with Gasteiger partial charge in [0.1, 0.15) is 11.1 Å². The van der Waals surface area contributed by atoms with Crippen LogP contribution in [0.2, 0.25) is 0 Å². The van der Waals surface area contributed by atoms with Crippen LogP contribution in [0.3, 0.4) is 0 Å². The van der Waals surface area contributed by atoms with Crippen molar-refractivity contribution in [1.29, 1.82) is 0 Å². The summed E-state index contributed by atoms with van der Waals surface area (Å²) in [7, 11) is 0. The van der Waals surface area contributed by atoms with Gasteiger partial charge in [-0.1, -0.05) is 6.42 Å². The Kier molecular flexibility index (Phi) is 3.60. The van der Waals surface area contributed by atoms with Crippen LogP contribution in [0, 0.1) is 34.5 Å². The first-order valence-corrected chi connectivity index (χ1v) is 5.78. The zero-order valence-electron chi connectivity index (χ0n) is 10.3. The minimum atomic E-state index is -2.36. The molecule has 1 aromatic rings. The van der Waals surface area contributed by atoms with Gasteiger partial charge in [0.05, 0.1) is 0 Å². The maximum Gasteiger partial charge on any atom is 0.319 e. The van der Waals surface area contributed by atoms with Crippen molar-refractivity contribution in [2.45, 2.75) is 19.3 Å². The molecule has 2 N–H and O–H groups in total. The van der Waals surface area contributed by atoms with Gasteiger partial charge in [-0.3, -0.25) is 9.59 Å². The third-order valence-electron chi connectivity index (χ3n) is 3.50. The zero-order valence-corrected chi connectivity index (χ0v) is 10.3. The summed E-state index contributed by atoms with van der Waals surface area (Å²) in [6, 6.07) is 0. The Hall–Kier alpha value is -2.19. The van der Waals surface area contributed by atoms with Gasteiger partial charge in [-0.15, -0.1) is 0 Å². The highest BCUT2D eigenvalue weighted by Gasteiger charge is 2.51. The van der Waals surface area contributed by atoms with Gasteiger partial charge >= 0.3 is 5.97 Å². The fraction of sp³-hybridized carbons (Fsp3) is 0.333. The van der Waals surface area contributed by atoms with Gasteiger partial charge in [-0.05, 0) is 12.8 Å². The second-order valence-electron chi connectivity index (χ2n) is 4.64. The number of hydrogen-bond donors (Lipinski definition) is 2. The molecule has 1 amide bonds. The van der Waals surface area contributed by atoms with Gasteiger partial charge in [-0.25, -0.2) is 22.0 Å². The lowest BCUT2D eigenvalue weighted by Crippen LogP contribution is -2.48. The van der Waals surface area contributed by atoms with E-state index in [9.17, 15) is 31.5 Å². The standard InChI is InChI=1S/C12H8F5NO3/c13-4-5(14)7(16)9(8(17)6(4)15)18-10(19)12(11(20)21)2-1-3-12/h1-3H2,(H,18,19)(H,20,21). The van der Waals surface area contributed by atoms with Crippen molar-refractivity contribution >= 4 is 17.6 Å². The molecule has 0 aromatic heterocycles. The van der Waals surface area contributed by atoms with Crippen molar-refractivity contribution in [3.8, 4) is 0 Å². The molecule has 0 heterocycles. The summed E-state index contributed by atoms with van der Waals surface area (Å²) in [5.41, 5.74) is -3.45. The molecule has 1 aromatic carbocycles. The Morgan fingerprint density at radius 3 is 1.67 bits per heavy atom. The predicted molar refractivity (Wildman–Crippen MR) is 58.8 cm³/mol. The van der Waals surface area contributed by atoms with Crippen molar-refractivity contribution in [1.82, 2.24) is 0 Å². The van der Waals surface area contributed by atoms with E-state index in [4.69, 9.17) is 5.11 Å². The molecule has 1 aliphatic rings. The molecule has 0 saturated heterocycles. The molecule has 2 rings (SSSR count). The number of anilines is 1. The van der Waals surface area contributed by atoms with Crippen molar-refractivity contribution in [2.24, 2.45) is 5.41 Å². The number of benzene rings is 1. The first-order valence-electron chi connectivity index (χ1n) is 5.78. The first kappa shape index (κ1) is 15.2. The van der Waals surface area contributed by atoms with Crippen LogP contribution in [0.5, 0.6) is 0 Å². The molecule has 0 atom stereocenters. The largest absolute Gasteiger partial charge is 0.480 e. The Bertz CT molecular complexity index is 613. The maximum absolute atomic E-state index is 13.4. The van der Waals surface area contributed by atoms with E-state index in [-0.39, 0.29) is 12.8 Å². The first-order chi connectivity index (χ1) is 9.72. The summed E-state index contributed by atoms with van der Waals surface area (Å²) < 4.78 is 65.6. The van der Waals surface area contributed by atoms with Crippen LogP contribution in [0.1, 0.15) is 19.3 Å². The van der Waals surface area contributed by atoms with Crippen LogP contribution in [0.15, 0.2) is 0 Å². The lowest BCUT2D eigenvalue weighted by atomic mass is 9.68. The Balaban J connectivity index is 2.41. The number of carbonyl (C=O) groups excluding carboxylic acids is 1. The third-order valence-corrected chi connectivity index (χ3v) is 3.50. The van der Waals surface area contributed by atoms with Crippen molar-refractivity contribution in [3.63, 3.8) is 0 Å². The number of carboxylic acids is 1. The van der Waals surface area contributed by atoms with Gasteiger partial charge in [-0.2, -0.15) is 0 Å². The molecule has 114 valence electrons. The summed E-state index contributed by atoms with van der Waals surface area (Å²) >= 11 is 0. The summed E-state index contributed by atoms with van der Waals surface area (Å²) in [4.78, 5) is 22.8. The van der Waals surface area contributed by atoms with E-state index < -0.39 is 52.1 Å². The summed E-state index contributed by atoms with van der Waals surface area (Å²) in [6.45, 7) is 0. The molecule has 0 unspecified atom stereocenters. The number of hydrogen-bond acceptors (Lipinski definition) is 2. The second kappa shape index (κ2) is 4.97. The SMILES string of the molecule is O=C(O)C1(C(=O)Nc2c(F)c(F)c(F)c(F)c2F)CCC1. The molecular formula is C12H8F5NO3. The van der Waals surface area contributed by atoms with E-state index >= 15 is 0 Å². The average molecular weight is 309 g/mol. The summed E-state index contributed by atoms with van der Waals surface area (Å²) in [6.07, 6.45) is 0.240. The topological polar surface area (TPSA) is 66.4 Å². The number of nitrogens with one attached hydrogen (secondary N) is 1. The van der Waals surface area contributed by atoms with Crippen LogP contribution >= 0.6 is 0 Å². The fourth-order valence-corrected chi connectivity index (χ4v) is 2.02. The molecule has 21 heavy (non-hydrogen) atoms. The predicted octanol–water partition coefficient (Wildman–Crippen LogP) is 2.58. The molecule has 0 bridgehead atoms. The summed E-state index contributed by atoms with van der Waals surface area (Å²) in [5.74, 6) is -14.1. The third kappa shape index (κ3) is 2.12. The lowest BCUT2D eigenvalue weighted by molar-refractivity contribution is -0.159. The van der Waals surface area contributed by atoms with E-state index in [0.29, 0.717) is 6.42 Å². The quantitative estimate of drug-likeness (QED) is 0.390. The second-order valence-corrected chi connectivity index (χ2v) is 4.64. The number of amides is 1. The number of carboxylic acid groups (broad SMARTS) is 1. The van der Waals surface area contributed by atoms with E-state index in [0.717, 1.165) is 0 Å². The monoisotopic (exact) mass is 309 g/mol. The fourth-order valence-electron chi connectivity index (χ4n) is 2.02. The van der Waals surface area contributed by atoms with Gasteiger partial charge in [0, 0.05) is 0 Å². The average Bonchev–Trinajstić information content (AvgIpc) is 2.37. The molecule has 4 nitrogen and oxygen atoms in total. The van der Waals surface area contributed by atoms with Crippen LogP contribution in [0.25, 0.3) is 0 Å². The molecule has 1 fully saturated rings. The smallest absolute Gasteiger partial charge is 0.319 e. The molecule has 9 heteroatoms. The van der Waals surface area contributed by atoms with Crippen molar-refractivity contribution < 1.29 is 36.6 Å². The number of carbonyl (C=O) groups is 2. The molecule has 1 aliphatic carbocycles. The summed E-state index contributed by atoms with van der Waals surface area (Å²) in [5, 5.41) is 10.5. The Morgan fingerprint density at radius 2 is 1.33 bits per heavy atom. The number of aliphatic carboxylic acids is 1. The lowest BCUT2D eigenvalue weighted by Gasteiger charge is -2.35. The van der Waals surface area contributed by atoms with E-state index in [2.05, 4.69) is 0 Å². The highest BCUT2D eigenvalue weighted by Crippen LogP contribution is 2.42. The Morgan fingerprint density at radius 1 is 0.905 bits per heavy atom. The van der Waals surface area contributed by atoms with Gasteiger partial charge in [0.2, 0.25) is 11.7 Å². The van der Waals surface area contributed by atoms with Crippen LogP contribution < -0.4 is 5.32 Å². The molecule has 0 aliphatic heterocycles. The Labute approximate surface area is 114 Å². The van der Waals surface area contributed by atoms with Crippen molar-refractivity contribution in [3.05, 3.63) is 29.1 Å². The number of halogens is 5. The minimum Gasteiger partial charge on any atom is -0.480 e. The van der Waals surface area contributed by atoms with Gasteiger partial charge < -0.3 is 10.4 Å². The maximum atomic E-state index is 13.4. The van der Waals surface area contributed by atoms with Crippen LogP contribution in [-0.2, 0) is 9.59 Å². The zero-order chi connectivity index (χ0) is 15.9. The molecule has 1 saturated carbocycles. The highest BCUT2D eigenvalue weighted by molar-refractivity contribution is 6.09. The van der Waals surface area contributed by atoms with Crippen LogP contribution in [0.4, 0.5) is 27.6 Å². The van der Waals surface area contributed by atoms with E-state index in [1.165, 1.54) is 5.32 Å². The normalized spacial score (nSPS) is 16.2. The number of rotatable bonds is 3. The molecule has 0 spiro atoms. The van der Waals surface area contributed by atoms with Gasteiger partial charge in [0.25, 0.3) is 0 Å². The van der Waals surface area contributed by atoms with E-state index in [1.54, 1.807) is 0 Å².